The Balaban J connectivity index is 2.36. The molecule has 0 bridgehead atoms. The lowest BCUT2D eigenvalue weighted by molar-refractivity contribution is 0.110. The van der Waals surface area contributed by atoms with E-state index < -0.39 is 0 Å². The zero-order valence-corrected chi connectivity index (χ0v) is 9.40. The predicted molar refractivity (Wildman–Crippen MR) is 63.1 cm³/mol. The molecule has 1 aromatic rings. The Bertz CT molecular complexity index is 288. The third-order valence-electron chi connectivity index (χ3n) is 1.94. The molecule has 0 amide bonds. The molecule has 15 heavy (non-hydrogen) atoms. The largest absolute Gasteiger partial charge is 0.491 e. The summed E-state index contributed by atoms with van der Waals surface area (Å²) in [6, 6.07) is 8.02. The highest BCUT2D eigenvalue weighted by atomic mass is 16.5. The van der Waals surface area contributed by atoms with Crippen LogP contribution in [0.2, 0.25) is 0 Å². The second-order valence-corrected chi connectivity index (χ2v) is 3.11. The van der Waals surface area contributed by atoms with Gasteiger partial charge in [-0.15, -0.1) is 0 Å². The lowest BCUT2D eigenvalue weighted by Crippen LogP contribution is -2.06. The summed E-state index contributed by atoms with van der Waals surface area (Å²) in [7, 11) is 0. The molecular weight excluding hydrogens is 188 g/mol. The van der Waals surface area contributed by atoms with E-state index >= 15 is 0 Å². The minimum Gasteiger partial charge on any atom is -0.491 e. The minimum atomic E-state index is 0.608. The van der Waals surface area contributed by atoms with Crippen molar-refractivity contribution in [3.05, 3.63) is 35.9 Å². The van der Waals surface area contributed by atoms with Crippen molar-refractivity contribution < 1.29 is 9.47 Å². The molecule has 2 nitrogen and oxygen atoms in total. The van der Waals surface area contributed by atoms with E-state index in [1.165, 1.54) is 5.56 Å². The first-order chi connectivity index (χ1) is 7.36. The third-order valence-corrected chi connectivity index (χ3v) is 1.94. The molecular formula is C13H18O2. The van der Waals surface area contributed by atoms with Gasteiger partial charge in [0.05, 0.1) is 6.61 Å². The van der Waals surface area contributed by atoms with Gasteiger partial charge in [-0.2, -0.15) is 0 Å². The van der Waals surface area contributed by atoms with Crippen LogP contribution in [-0.4, -0.2) is 19.8 Å². The van der Waals surface area contributed by atoms with Crippen LogP contribution in [0.5, 0.6) is 5.75 Å². The zero-order valence-electron chi connectivity index (χ0n) is 9.40. The van der Waals surface area contributed by atoms with Gasteiger partial charge in [-0.25, -0.2) is 0 Å². The molecule has 0 atom stereocenters. The summed E-state index contributed by atoms with van der Waals surface area (Å²) in [5.74, 6) is 0.892. The summed E-state index contributed by atoms with van der Waals surface area (Å²) >= 11 is 0. The van der Waals surface area contributed by atoms with Gasteiger partial charge in [0, 0.05) is 6.61 Å². The summed E-state index contributed by atoms with van der Waals surface area (Å²) in [6.07, 6.45) is 4.08. The van der Waals surface area contributed by atoms with E-state index in [1.807, 2.05) is 44.2 Å². The smallest absolute Gasteiger partial charge is 0.119 e. The SMILES string of the molecule is CC=Cc1ccc(OCCOCC)cc1. The Kier molecular flexibility index (Phi) is 5.56. The first-order valence-electron chi connectivity index (χ1n) is 5.30. The molecule has 1 rings (SSSR count). The average Bonchev–Trinajstić information content (AvgIpc) is 2.27. The fourth-order valence-electron chi connectivity index (χ4n) is 1.23. The molecule has 0 fully saturated rings. The third kappa shape index (κ3) is 4.66. The molecule has 0 aliphatic rings. The lowest BCUT2D eigenvalue weighted by Gasteiger charge is -2.06. The number of allylic oxidation sites excluding steroid dienone is 1. The highest BCUT2D eigenvalue weighted by molar-refractivity contribution is 5.50. The van der Waals surface area contributed by atoms with Gasteiger partial charge in [0.2, 0.25) is 0 Å². The second-order valence-electron chi connectivity index (χ2n) is 3.11. The summed E-state index contributed by atoms with van der Waals surface area (Å²) in [4.78, 5) is 0. The molecule has 0 aliphatic carbocycles. The molecule has 0 aliphatic heterocycles. The van der Waals surface area contributed by atoms with Crippen molar-refractivity contribution in [3.8, 4) is 5.75 Å². The fraction of sp³-hybridized carbons (Fsp3) is 0.385. The summed E-state index contributed by atoms with van der Waals surface area (Å²) in [6.45, 7) is 5.98. The Morgan fingerprint density at radius 3 is 2.47 bits per heavy atom. The summed E-state index contributed by atoms with van der Waals surface area (Å²) < 4.78 is 10.7. The van der Waals surface area contributed by atoms with E-state index in [9.17, 15) is 0 Å². The van der Waals surface area contributed by atoms with Crippen molar-refractivity contribution >= 4 is 6.08 Å². The van der Waals surface area contributed by atoms with Crippen molar-refractivity contribution in [2.24, 2.45) is 0 Å². The van der Waals surface area contributed by atoms with Crippen LogP contribution in [0.15, 0.2) is 30.3 Å². The van der Waals surface area contributed by atoms with Crippen molar-refractivity contribution in [1.82, 2.24) is 0 Å². The van der Waals surface area contributed by atoms with E-state index in [1.54, 1.807) is 0 Å². The Morgan fingerprint density at radius 2 is 1.87 bits per heavy atom. The number of hydrogen-bond donors (Lipinski definition) is 0. The molecule has 2 heteroatoms. The van der Waals surface area contributed by atoms with Crippen molar-refractivity contribution in [1.29, 1.82) is 0 Å². The normalized spacial score (nSPS) is 10.8. The van der Waals surface area contributed by atoms with Crippen LogP contribution in [0.4, 0.5) is 0 Å². The molecule has 1 aromatic carbocycles. The van der Waals surface area contributed by atoms with Gasteiger partial charge in [0.15, 0.2) is 0 Å². The highest BCUT2D eigenvalue weighted by Crippen LogP contribution is 2.12. The quantitative estimate of drug-likeness (QED) is 0.666. The van der Waals surface area contributed by atoms with E-state index in [2.05, 4.69) is 6.08 Å². The zero-order chi connectivity index (χ0) is 10.9. The van der Waals surface area contributed by atoms with Gasteiger partial charge in [-0.05, 0) is 31.5 Å². The maximum absolute atomic E-state index is 5.49. The van der Waals surface area contributed by atoms with Gasteiger partial charge < -0.3 is 9.47 Å². The highest BCUT2D eigenvalue weighted by Gasteiger charge is 1.93. The second kappa shape index (κ2) is 7.07. The van der Waals surface area contributed by atoms with Crippen LogP contribution < -0.4 is 4.74 Å². The van der Waals surface area contributed by atoms with Gasteiger partial charge in [-0.3, -0.25) is 0 Å². The first-order valence-corrected chi connectivity index (χ1v) is 5.30. The standard InChI is InChI=1S/C13H18O2/c1-3-5-12-6-8-13(9-7-12)15-11-10-14-4-2/h3,5-9H,4,10-11H2,1-2H3. The molecule has 0 spiro atoms. The molecule has 0 saturated heterocycles. The van der Waals surface area contributed by atoms with Crippen molar-refractivity contribution in [3.63, 3.8) is 0 Å². The lowest BCUT2D eigenvalue weighted by atomic mass is 10.2. The van der Waals surface area contributed by atoms with Crippen LogP contribution >= 0.6 is 0 Å². The molecule has 0 radical (unpaired) electrons. The topological polar surface area (TPSA) is 18.5 Å². The maximum atomic E-state index is 5.49. The maximum Gasteiger partial charge on any atom is 0.119 e. The molecule has 0 unspecified atom stereocenters. The van der Waals surface area contributed by atoms with Gasteiger partial charge >= 0.3 is 0 Å². The van der Waals surface area contributed by atoms with Gasteiger partial charge in [-0.1, -0.05) is 24.3 Å². The van der Waals surface area contributed by atoms with E-state index in [-0.39, 0.29) is 0 Å². The van der Waals surface area contributed by atoms with Crippen molar-refractivity contribution in [2.45, 2.75) is 13.8 Å². The van der Waals surface area contributed by atoms with Crippen LogP contribution in [0.1, 0.15) is 19.4 Å². The Morgan fingerprint density at radius 1 is 1.13 bits per heavy atom. The molecule has 0 heterocycles. The molecule has 0 N–H and O–H groups in total. The van der Waals surface area contributed by atoms with Crippen LogP contribution in [-0.2, 0) is 4.74 Å². The monoisotopic (exact) mass is 206 g/mol. The predicted octanol–water partition coefficient (Wildman–Crippen LogP) is 3.14. The van der Waals surface area contributed by atoms with E-state index in [0.717, 1.165) is 12.4 Å². The number of benzene rings is 1. The number of ether oxygens (including phenoxy) is 2. The van der Waals surface area contributed by atoms with E-state index in [4.69, 9.17) is 9.47 Å². The molecule has 82 valence electrons. The van der Waals surface area contributed by atoms with Gasteiger partial charge in [0.25, 0.3) is 0 Å². The van der Waals surface area contributed by atoms with E-state index in [0.29, 0.717) is 13.2 Å². The summed E-state index contributed by atoms with van der Waals surface area (Å²) in [5, 5.41) is 0. The van der Waals surface area contributed by atoms with Crippen LogP contribution in [0.3, 0.4) is 0 Å². The van der Waals surface area contributed by atoms with Gasteiger partial charge in [0.1, 0.15) is 12.4 Å². The van der Waals surface area contributed by atoms with Crippen molar-refractivity contribution in [2.75, 3.05) is 19.8 Å². The Labute approximate surface area is 91.5 Å². The number of rotatable bonds is 6. The first kappa shape index (κ1) is 11.8. The average molecular weight is 206 g/mol. The van der Waals surface area contributed by atoms with Crippen LogP contribution in [0, 0.1) is 0 Å². The number of hydrogen-bond acceptors (Lipinski definition) is 2. The minimum absolute atomic E-state index is 0.608. The Hall–Kier alpha value is -1.28. The molecule has 0 saturated carbocycles. The van der Waals surface area contributed by atoms with Crippen LogP contribution in [0.25, 0.3) is 6.08 Å². The summed E-state index contributed by atoms with van der Waals surface area (Å²) in [5.41, 5.74) is 1.19. The molecule has 0 aromatic heterocycles. The fourth-order valence-corrected chi connectivity index (χ4v) is 1.23.